The maximum absolute atomic E-state index is 12.6. The number of rotatable bonds is 2. The van der Waals surface area contributed by atoms with Gasteiger partial charge in [0, 0.05) is 30.7 Å². The maximum Gasteiger partial charge on any atom is 0.255 e. The van der Waals surface area contributed by atoms with Crippen LogP contribution in [0.5, 0.6) is 5.75 Å². The van der Waals surface area contributed by atoms with Gasteiger partial charge in [-0.25, -0.2) is 0 Å². The molecule has 2 fully saturated rings. The molecule has 2 atom stereocenters. The number of carbonyl (C=O) groups excluding carboxylic acids is 1. The average Bonchev–Trinajstić information content (AvgIpc) is 2.99. The minimum absolute atomic E-state index is 0.0974. The molecule has 2 saturated heterocycles. The standard InChI is InChI=1S/C14H17BrN2O2/c1-19-11-2-3-13(15)12(4-11)14(18)17-7-9-5-16-6-10(9)8-17/h2-4,9-10,16H,5-8H2,1H3. The van der Waals surface area contributed by atoms with Crippen molar-refractivity contribution in [2.24, 2.45) is 11.8 Å². The molecular formula is C14H17BrN2O2. The van der Waals surface area contributed by atoms with E-state index in [2.05, 4.69) is 21.2 Å². The van der Waals surface area contributed by atoms with Crippen molar-refractivity contribution >= 4 is 21.8 Å². The van der Waals surface area contributed by atoms with Gasteiger partial charge in [0.2, 0.25) is 0 Å². The summed E-state index contributed by atoms with van der Waals surface area (Å²) < 4.78 is 6.02. The van der Waals surface area contributed by atoms with Gasteiger partial charge in [-0.15, -0.1) is 0 Å². The first-order valence-electron chi connectivity index (χ1n) is 6.52. The number of nitrogens with zero attached hydrogens (tertiary/aromatic N) is 1. The second-order valence-corrected chi connectivity index (χ2v) is 6.09. The normalized spacial score (nSPS) is 25.5. The van der Waals surface area contributed by atoms with Gasteiger partial charge in [0.25, 0.3) is 5.91 Å². The van der Waals surface area contributed by atoms with Crippen LogP contribution in [0, 0.1) is 11.8 Å². The molecule has 19 heavy (non-hydrogen) atoms. The first-order chi connectivity index (χ1) is 9.19. The van der Waals surface area contributed by atoms with Crippen molar-refractivity contribution in [2.45, 2.75) is 0 Å². The molecule has 102 valence electrons. The summed E-state index contributed by atoms with van der Waals surface area (Å²) in [6.07, 6.45) is 0. The molecule has 2 aliphatic rings. The highest BCUT2D eigenvalue weighted by Gasteiger charge is 2.38. The SMILES string of the molecule is COc1ccc(Br)c(C(=O)N2CC3CNCC3C2)c1. The Morgan fingerprint density at radius 3 is 2.68 bits per heavy atom. The summed E-state index contributed by atoms with van der Waals surface area (Å²) in [5, 5.41) is 3.39. The van der Waals surface area contributed by atoms with Crippen molar-refractivity contribution in [3.05, 3.63) is 28.2 Å². The van der Waals surface area contributed by atoms with Gasteiger partial charge in [0.1, 0.15) is 5.75 Å². The summed E-state index contributed by atoms with van der Waals surface area (Å²) in [5.74, 6) is 2.05. The van der Waals surface area contributed by atoms with Gasteiger partial charge < -0.3 is 15.0 Å². The quantitative estimate of drug-likeness (QED) is 0.901. The number of fused-ring (bicyclic) bond motifs is 1. The van der Waals surface area contributed by atoms with Crippen molar-refractivity contribution < 1.29 is 9.53 Å². The summed E-state index contributed by atoms with van der Waals surface area (Å²) in [5.41, 5.74) is 0.687. The van der Waals surface area contributed by atoms with E-state index in [1.54, 1.807) is 13.2 Å². The second kappa shape index (κ2) is 5.13. The minimum atomic E-state index is 0.0974. The summed E-state index contributed by atoms with van der Waals surface area (Å²) in [7, 11) is 1.61. The summed E-state index contributed by atoms with van der Waals surface area (Å²) in [6.45, 7) is 3.79. The highest BCUT2D eigenvalue weighted by molar-refractivity contribution is 9.10. The van der Waals surface area contributed by atoms with Crippen LogP contribution in [0.1, 0.15) is 10.4 Å². The van der Waals surface area contributed by atoms with E-state index >= 15 is 0 Å². The third-order valence-corrected chi connectivity index (χ3v) is 4.77. The van der Waals surface area contributed by atoms with Crippen molar-refractivity contribution in [3.8, 4) is 5.75 Å². The third kappa shape index (κ3) is 2.37. The zero-order chi connectivity index (χ0) is 13.4. The van der Waals surface area contributed by atoms with E-state index in [9.17, 15) is 4.79 Å². The van der Waals surface area contributed by atoms with Crippen molar-refractivity contribution in [3.63, 3.8) is 0 Å². The van der Waals surface area contributed by atoms with Crippen LogP contribution in [0.3, 0.4) is 0 Å². The van der Waals surface area contributed by atoms with E-state index in [-0.39, 0.29) is 5.91 Å². The molecule has 0 radical (unpaired) electrons. The monoisotopic (exact) mass is 324 g/mol. The number of carbonyl (C=O) groups is 1. The number of nitrogens with one attached hydrogen (secondary N) is 1. The molecule has 1 amide bonds. The van der Waals surface area contributed by atoms with Crippen molar-refractivity contribution in [2.75, 3.05) is 33.3 Å². The molecule has 5 heteroatoms. The van der Waals surface area contributed by atoms with Crippen LogP contribution in [0.15, 0.2) is 22.7 Å². The van der Waals surface area contributed by atoms with Crippen LogP contribution in [0.4, 0.5) is 0 Å². The van der Waals surface area contributed by atoms with Gasteiger partial charge in [-0.2, -0.15) is 0 Å². The van der Waals surface area contributed by atoms with E-state index in [1.807, 2.05) is 17.0 Å². The van der Waals surface area contributed by atoms with Gasteiger partial charge in [-0.05, 0) is 46.0 Å². The molecule has 4 nitrogen and oxygen atoms in total. The molecule has 0 aromatic heterocycles. The Morgan fingerprint density at radius 2 is 2.05 bits per heavy atom. The molecule has 1 N–H and O–H groups in total. The number of benzene rings is 1. The molecular weight excluding hydrogens is 308 g/mol. The fourth-order valence-corrected chi connectivity index (χ4v) is 3.40. The molecule has 2 unspecified atom stereocenters. The van der Waals surface area contributed by atoms with Gasteiger partial charge >= 0.3 is 0 Å². The molecule has 1 aromatic carbocycles. The maximum atomic E-state index is 12.6. The van der Waals surface area contributed by atoms with Gasteiger partial charge in [0.05, 0.1) is 12.7 Å². The fourth-order valence-electron chi connectivity index (χ4n) is 2.99. The number of likely N-dealkylation sites (tertiary alicyclic amines) is 1. The highest BCUT2D eigenvalue weighted by Crippen LogP contribution is 2.30. The molecule has 0 saturated carbocycles. The lowest BCUT2D eigenvalue weighted by atomic mass is 10.0. The molecule has 0 aliphatic carbocycles. The Morgan fingerprint density at radius 1 is 1.37 bits per heavy atom. The smallest absolute Gasteiger partial charge is 0.255 e. The van der Waals surface area contributed by atoms with Crippen LogP contribution >= 0.6 is 15.9 Å². The lowest BCUT2D eigenvalue weighted by Crippen LogP contribution is -2.32. The van der Waals surface area contributed by atoms with Crippen LogP contribution in [0.25, 0.3) is 0 Å². The zero-order valence-corrected chi connectivity index (χ0v) is 12.4. The average molecular weight is 325 g/mol. The number of methoxy groups -OCH3 is 1. The van der Waals surface area contributed by atoms with Crippen LogP contribution < -0.4 is 10.1 Å². The van der Waals surface area contributed by atoms with E-state index in [1.165, 1.54) is 0 Å². The zero-order valence-electron chi connectivity index (χ0n) is 10.9. The highest BCUT2D eigenvalue weighted by atomic mass is 79.9. The number of halogens is 1. The molecule has 0 bridgehead atoms. The summed E-state index contributed by atoms with van der Waals surface area (Å²) in [6, 6.07) is 5.52. The molecule has 2 aliphatic heterocycles. The number of ether oxygens (including phenoxy) is 1. The Balaban J connectivity index is 1.80. The molecule has 0 spiro atoms. The summed E-state index contributed by atoms with van der Waals surface area (Å²) >= 11 is 3.45. The third-order valence-electron chi connectivity index (χ3n) is 4.08. The van der Waals surface area contributed by atoms with E-state index in [4.69, 9.17) is 4.74 Å². The lowest BCUT2D eigenvalue weighted by Gasteiger charge is -2.18. The predicted molar refractivity (Wildman–Crippen MR) is 76.4 cm³/mol. The largest absolute Gasteiger partial charge is 0.497 e. The Hall–Kier alpha value is -1.07. The number of amides is 1. The summed E-state index contributed by atoms with van der Waals surface area (Å²) in [4.78, 5) is 14.6. The second-order valence-electron chi connectivity index (χ2n) is 5.23. The lowest BCUT2D eigenvalue weighted by molar-refractivity contribution is 0.0780. The molecule has 2 heterocycles. The van der Waals surface area contributed by atoms with E-state index in [0.717, 1.165) is 30.7 Å². The topological polar surface area (TPSA) is 41.6 Å². The van der Waals surface area contributed by atoms with Crippen LogP contribution in [-0.4, -0.2) is 44.1 Å². The first kappa shape index (κ1) is 12.9. The fraction of sp³-hybridized carbons (Fsp3) is 0.500. The van der Waals surface area contributed by atoms with E-state index in [0.29, 0.717) is 23.1 Å². The van der Waals surface area contributed by atoms with Crippen LogP contribution in [-0.2, 0) is 0 Å². The number of hydrogen-bond donors (Lipinski definition) is 1. The molecule has 3 rings (SSSR count). The van der Waals surface area contributed by atoms with Crippen molar-refractivity contribution in [1.29, 1.82) is 0 Å². The van der Waals surface area contributed by atoms with Crippen LogP contribution in [0.2, 0.25) is 0 Å². The molecule has 1 aromatic rings. The predicted octanol–water partition coefficient (Wildman–Crippen LogP) is 1.75. The van der Waals surface area contributed by atoms with Gasteiger partial charge in [-0.3, -0.25) is 4.79 Å². The Labute approximate surface area is 121 Å². The van der Waals surface area contributed by atoms with E-state index < -0.39 is 0 Å². The van der Waals surface area contributed by atoms with Crippen molar-refractivity contribution in [1.82, 2.24) is 10.2 Å². The Bertz CT molecular complexity index is 494. The number of hydrogen-bond acceptors (Lipinski definition) is 3. The Kier molecular flexibility index (Phi) is 3.50. The van der Waals surface area contributed by atoms with Gasteiger partial charge in [0.15, 0.2) is 0 Å². The minimum Gasteiger partial charge on any atom is -0.497 e. The van der Waals surface area contributed by atoms with Gasteiger partial charge in [-0.1, -0.05) is 0 Å². The first-order valence-corrected chi connectivity index (χ1v) is 7.32.